The maximum atomic E-state index is 12.7. The van der Waals surface area contributed by atoms with E-state index in [2.05, 4.69) is 35.4 Å². The molecule has 0 bridgehead atoms. The van der Waals surface area contributed by atoms with Gasteiger partial charge in [0.1, 0.15) is 0 Å². The van der Waals surface area contributed by atoms with Gasteiger partial charge in [-0.1, -0.05) is 84.7 Å². The van der Waals surface area contributed by atoms with Crippen LogP contribution in [0.3, 0.4) is 0 Å². The molecule has 180 valence electrons. The second-order valence-corrected chi connectivity index (χ2v) is 10.5. The van der Waals surface area contributed by atoms with Crippen LogP contribution in [0.4, 0.5) is 5.69 Å². The van der Waals surface area contributed by atoms with Crippen molar-refractivity contribution in [2.75, 3.05) is 11.1 Å². The lowest BCUT2D eigenvalue weighted by atomic mass is 10.0. The number of rotatable bonds is 7. The number of halogens is 3. The van der Waals surface area contributed by atoms with Crippen molar-refractivity contribution in [2.45, 2.75) is 31.8 Å². The number of nitrogens with one attached hydrogen (secondary N) is 1. The van der Waals surface area contributed by atoms with Gasteiger partial charge in [-0.25, -0.2) is 0 Å². The summed E-state index contributed by atoms with van der Waals surface area (Å²) >= 11 is 20.2. The van der Waals surface area contributed by atoms with E-state index in [0.717, 1.165) is 16.8 Å². The number of hydrogen-bond donors (Lipinski definition) is 1. The number of aryl methyl sites for hydroxylation is 1. The molecule has 1 aromatic heterocycles. The van der Waals surface area contributed by atoms with Gasteiger partial charge in [-0.3, -0.25) is 9.36 Å². The third-order valence-electron chi connectivity index (χ3n) is 5.34. The fraction of sp³-hybridized carbons (Fsp3) is 0.192. The highest BCUT2D eigenvalue weighted by atomic mass is 35.5. The zero-order valence-corrected chi connectivity index (χ0v) is 22.4. The predicted molar refractivity (Wildman–Crippen MR) is 146 cm³/mol. The van der Waals surface area contributed by atoms with Gasteiger partial charge in [-0.05, 0) is 60.4 Å². The molecule has 0 saturated heterocycles. The molecule has 35 heavy (non-hydrogen) atoms. The summed E-state index contributed by atoms with van der Waals surface area (Å²) < 4.78 is 1.95. The Labute approximate surface area is 223 Å². The number of amides is 1. The van der Waals surface area contributed by atoms with Gasteiger partial charge in [0.2, 0.25) is 5.91 Å². The third-order valence-corrected chi connectivity index (χ3v) is 7.13. The molecule has 9 heteroatoms. The highest BCUT2D eigenvalue weighted by Gasteiger charge is 2.22. The van der Waals surface area contributed by atoms with Gasteiger partial charge in [-0.15, -0.1) is 10.2 Å². The fourth-order valence-corrected chi connectivity index (χ4v) is 5.16. The van der Waals surface area contributed by atoms with Crippen molar-refractivity contribution in [3.63, 3.8) is 0 Å². The van der Waals surface area contributed by atoms with Crippen LogP contribution in [0.2, 0.25) is 15.1 Å². The highest BCUT2D eigenvalue weighted by molar-refractivity contribution is 7.99. The van der Waals surface area contributed by atoms with E-state index in [0.29, 0.717) is 37.3 Å². The summed E-state index contributed by atoms with van der Waals surface area (Å²) in [4.78, 5) is 12.7. The van der Waals surface area contributed by atoms with E-state index in [4.69, 9.17) is 34.8 Å². The van der Waals surface area contributed by atoms with Crippen LogP contribution < -0.4 is 5.32 Å². The van der Waals surface area contributed by atoms with Gasteiger partial charge in [0.15, 0.2) is 11.0 Å². The molecular formula is C26H23Cl3N4OS. The van der Waals surface area contributed by atoms with Gasteiger partial charge in [0, 0.05) is 10.6 Å². The number of hydrogen-bond acceptors (Lipinski definition) is 4. The zero-order valence-electron chi connectivity index (χ0n) is 19.3. The first-order valence-electron chi connectivity index (χ1n) is 10.9. The van der Waals surface area contributed by atoms with E-state index in [1.54, 1.807) is 18.2 Å². The summed E-state index contributed by atoms with van der Waals surface area (Å²) in [5, 5.41) is 13.8. The SMILES string of the molecule is Cc1ccc(NC(=O)CSc2nnc(-c3ccc(Cl)cc3Cl)n2-c2ccccc2C(C)C)c(Cl)c1. The van der Waals surface area contributed by atoms with E-state index < -0.39 is 0 Å². The normalized spacial score (nSPS) is 11.2. The summed E-state index contributed by atoms with van der Waals surface area (Å²) in [5.74, 6) is 0.760. The second-order valence-electron chi connectivity index (χ2n) is 8.30. The molecule has 1 amide bonds. The van der Waals surface area contributed by atoms with Crippen LogP contribution in [0.15, 0.2) is 65.8 Å². The molecule has 0 spiro atoms. The van der Waals surface area contributed by atoms with Crippen LogP contribution >= 0.6 is 46.6 Å². The number of nitrogens with zero attached hydrogens (tertiary/aromatic N) is 3. The van der Waals surface area contributed by atoms with Crippen LogP contribution in [0, 0.1) is 6.92 Å². The van der Waals surface area contributed by atoms with E-state index in [1.165, 1.54) is 11.8 Å². The van der Waals surface area contributed by atoms with E-state index in [-0.39, 0.29) is 17.6 Å². The second kappa shape index (κ2) is 11.0. The Morgan fingerprint density at radius 2 is 1.77 bits per heavy atom. The molecule has 0 fully saturated rings. The molecule has 4 rings (SSSR count). The summed E-state index contributed by atoms with van der Waals surface area (Å²) in [7, 11) is 0. The molecule has 1 heterocycles. The minimum absolute atomic E-state index is 0.126. The van der Waals surface area contributed by atoms with Crippen LogP contribution in [-0.2, 0) is 4.79 Å². The number of thioether (sulfide) groups is 1. The van der Waals surface area contributed by atoms with Crippen molar-refractivity contribution < 1.29 is 4.79 Å². The van der Waals surface area contributed by atoms with E-state index in [9.17, 15) is 4.79 Å². The molecule has 0 saturated carbocycles. The minimum Gasteiger partial charge on any atom is -0.324 e. The van der Waals surface area contributed by atoms with Gasteiger partial charge in [0.05, 0.1) is 27.2 Å². The first kappa shape index (κ1) is 25.6. The van der Waals surface area contributed by atoms with Gasteiger partial charge in [0.25, 0.3) is 0 Å². The summed E-state index contributed by atoms with van der Waals surface area (Å²) in [5.41, 5.74) is 4.34. The van der Waals surface area contributed by atoms with Crippen molar-refractivity contribution in [3.8, 4) is 17.1 Å². The van der Waals surface area contributed by atoms with Gasteiger partial charge in [-0.2, -0.15) is 0 Å². The first-order chi connectivity index (χ1) is 16.7. The standard InChI is InChI=1S/C26H23Cl3N4OS/c1-15(2)18-6-4-5-7-23(18)33-25(19-10-9-17(27)13-20(19)28)31-32-26(33)35-14-24(34)30-22-11-8-16(3)12-21(22)29/h4-13,15H,14H2,1-3H3,(H,30,34). The molecule has 3 aromatic carbocycles. The monoisotopic (exact) mass is 544 g/mol. The third kappa shape index (κ3) is 5.84. The molecule has 0 aliphatic rings. The topological polar surface area (TPSA) is 59.8 Å². The zero-order chi connectivity index (χ0) is 25.1. The minimum atomic E-state index is -0.196. The lowest BCUT2D eigenvalue weighted by Gasteiger charge is -2.17. The number of anilines is 1. The van der Waals surface area contributed by atoms with E-state index in [1.807, 2.05) is 47.9 Å². The molecule has 0 radical (unpaired) electrons. The average Bonchev–Trinajstić information content (AvgIpc) is 3.23. The molecule has 0 aliphatic carbocycles. The number of para-hydroxylation sites is 1. The molecule has 1 N–H and O–H groups in total. The van der Waals surface area contributed by atoms with Gasteiger partial charge >= 0.3 is 0 Å². The number of benzene rings is 3. The van der Waals surface area contributed by atoms with Crippen LogP contribution in [0.5, 0.6) is 0 Å². The molecule has 5 nitrogen and oxygen atoms in total. The number of aromatic nitrogens is 3. The highest BCUT2D eigenvalue weighted by Crippen LogP contribution is 2.35. The predicted octanol–water partition coefficient (Wildman–Crippen LogP) is 8.06. The average molecular weight is 546 g/mol. The van der Waals surface area contributed by atoms with Crippen LogP contribution in [-0.4, -0.2) is 26.4 Å². The largest absolute Gasteiger partial charge is 0.324 e. The maximum absolute atomic E-state index is 12.7. The molecule has 0 atom stereocenters. The van der Waals surface area contributed by atoms with Gasteiger partial charge < -0.3 is 5.32 Å². The molecular weight excluding hydrogens is 523 g/mol. The Bertz CT molecular complexity index is 1390. The Morgan fingerprint density at radius 1 is 1.00 bits per heavy atom. The van der Waals surface area contributed by atoms with Crippen LogP contribution in [0.25, 0.3) is 17.1 Å². The van der Waals surface area contributed by atoms with Crippen molar-refractivity contribution in [1.82, 2.24) is 14.8 Å². The summed E-state index contributed by atoms with van der Waals surface area (Å²) in [6.45, 7) is 6.20. The van der Waals surface area contributed by atoms with Crippen LogP contribution in [0.1, 0.15) is 30.9 Å². The number of carbonyl (C=O) groups excluding carboxylic acids is 1. The summed E-state index contributed by atoms with van der Waals surface area (Å²) in [6.07, 6.45) is 0. The van der Waals surface area contributed by atoms with Crippen molar-refractivity contribution in [1.29, 1.82) is 0 Å². The molecule has 0 unspecified atom stereocenters. The first-order valence-corrected chi connectivity index (χ1v) is 13.1. The maximum Gasteiger partial charge on any atom is 0.234 e. The lowest BCUT2D eigenvalue weighted by molar-refractivity contribution is -0.113. The lowest BCUT2D eigenvalue weighted by Crippen LogP contribution is -2.15. The number of carbonyl (C=O) groups is 1. The van der Waals surface area contributed by atoms with Crippen molar-refractivity contribution >= 4 is 58.2 Å². The van der Waals surface area contributed by atoms with Crippen molar-refractivity contribution in [3.05, 3.63) is 86.9 Å². The molecule has 4 aromatic rings. The Kier molecular flexibility index (Phi) is 8.07. The molecule has 0 aliphatic heterocycles. The smallest absolute Gasteiger partial charge is 0.234 e. The summed E-state index contributed by atoms with van der Waals surface area (Å²) in [6, 6.07) is 18.8. The Morgan fingerprint density at radius 3 is 2.49 bits per heavy atom. The Hall–Kier alpha value is -2.51. The Balaban J connectivity index is 1.70. The quantitative estimate of drug-likeness (QED) is 0.239. The van der Waals surface area contributed by atoms with E-state index >= 15 is 0 Å². The fourth-order valence-electron chi connectivity index (χ4n) is 3.64. The van der Waals surface area contributed by atoms with Crippen molar-refractivity contribution in [2.24, 2.45) is 0 Å².